The van der Waals surface area contributed by atoms with E-state index in [1.807, 2.05) is 69.3 Å². The van der Waals surface area contributed by atoms with E-state index >= 15 is 0 Å². The summed E-state index contributed by atoms with van der Waals surface area (Å²) in [6.07, 6.45) is 1.63. The average molecular weight is 526 g/mol. The minimum absolute atomic E-state index is 0.162. The fourth-order valence-corrected chi connectivity index (χ4v) is 4.48. The van der Waals surface area contributed by atoms with Gasteiger partial charge in [0, 0.05) is 39.3 Å². The molecule has 0 fully saturated rings. The van der Waals surface area contributed by atoms with E-state index in [0.717, 1.165) is 27.7 Å². The van der Waals surface area contributed by atoms with Crippen molar-refractivity contribution in [3.8, 4) is 6.07 Å². The number of hydrogen-bond donors (Lipinski definition) is 2. The van der Waals surface area contributed by atoms with Crippen molar-refractivity contribution in [2.75, 3.05) is 0 Å². The van der Waals surface area contributed by atoms with Gasteiger partial charge in [0.2, 0.25) is 0 Å². The number of nitriles is 1. The summed E-state index contributed by atoms with van der Waals surface area (Å²) in [7, 11) is 0. The van der Waals surface area contributed by atoms with Crippen LogP contribution in [0.15, 0.2) is 77.9 Å². The Hall–Kier alpha value is -4.41. The molecule has 2 N–H and O–H groups in total. The van der Waals surface area contributed by atoms with Crippen molar-refractivity contribution in [1.82, 2.24) is 15.3 Å². The number of para-hydroxylation sites is 1. The molecule has 0 radical (unpaired) electrons. The first-order chi connectivity index (χ1) is 18.3. The van der Waals surface area contributed by atoms with E-state index in [1.165, 1.54) is 0 Å². The highest BCUT2D eigenvalue weighted by atomic mass is 35.5. The Morgan fingerprint density at radius 2 is 1.74 bits per heavy atom. The van der Waals surface area contributed by atoms with Crippen LogP contribution in [0, 0.1) is 24.2 Å². The maximum Gasteiger partial charge on any atom is 0.262 e. The number of rotatable bonds is 8. The van der Waals surface area contributed by atoms with Crippen LogP contribution in [0.3, 0.4) is 0 Å². The lowest BCUT2D eigenvalue weighted by molar-refractivity contribution is -0.123. The molecule has 1 unspecified atom stereocenters. The highest BCUT2D eigenvalue weighted by molar-refractivity contribution is 6.30. The smallest absolute Gasteiger partial charge is 0.262 e. The van der Waals surface area contributed by atoms with Crippen molar-refractivity contribution in [3.63, 3.8) is 0 Å². The number of carbonyl (C=O) groups is 2. The number of hydrazone groups is 1. The number of nitrogens with one attached hydrogen (secondary N) is 2. The fourth-order valence-electron chi connectivity index (χ4n) is 4.35. The predicted molar refractivity (Wildman–Crippen MR) is 150 cm³/mol. The zero-order chi connectivity index (χ0) is 27.2. The summed E-state index contributed by atoms with van der Waals surface area (Å²) in [6, 6.07) is 23.4. The van der Waals surface area contributed by atoms with Gasteiger partial charge in [0.05, 0.1) is 17.8 Å². The van der Waals surface area contributed by atoms with Crippen molar-refractivity contribution in [2.45, 2.75) is 33.4 Å². The number of nitrogens with zero attached hydrogens (tertiary/aromatic N) is 3. The Kier molecular flexibility index (Phi) is 8.25. The summed E-state index contributed by atoms with van der Waals surface area (Å²) in [4.78, 5) is 25.6. The molecule has 0 spiro atoms. The second-order valence-electron chi connectivity index (χ2n) is 9.31. The van der Waals surface area contributed by atoms with E-state index in [4.69, 9.17) is 11.6 Å². The molecular weight excluding hydrogens is 498 g/mol. The third-order valence-corrected chi connectivity index (χ3v) is 6.71. The van der Waals surface area contributed by atoms with Crippen LogP contribution in [0.5, 0.6) is 0 Å². The van der Waals surface area contributed by atoms with Gasteiger partial charge in [-0.3, -0.25) is 9.59 Å². The van der Waals surface area contributed by atoms with E-state index in [9.17, 15) is 14.9 Å². The van der Waals surface area contributed by atoms with Gasteiger partial charge in [-0.25, -0.2) is 5.43 Å². The van der Waals surface area contributed by atoms with Gasteiger partial charge in [-0.2, -0.15) is 10.4 Å². The molecule has 1 atom stereocenters. The van der Waals surface area contributed by atoms with E-state index < -0.39 is 11.9 Å². The third-order valence-electron chi connectivity index (χ3n) is 6.46. The summed E-state index contributed by atoms with van der Waals surface area (Å²) in [6.45, 7) is 6.23. The quantitative estimate of drug-likeness (QED) is 0.237. The van der Waals surface area contributed by atoms with Crippen LogP contribution in [0.25, 0.3) is 10.9 Å². The van der Waals surface area contributed by atoms with Gasteiger partial charge in [0.1, 0.15) is 6.04 Å². The molecule has 1 heterocycles. The number of aromatic nitrogens is 1. The van der Waals surface area contributed by atoms with Crippen molar-refractivity contribution < 1.29 is 9.59 Å². The van der Waals surface area contributed by atoms with E-state index in [-0.39, 0.29) is 11.8 Å². The zero-order valence-corrected chi connectivity index (χ0v) is 22.2. The first kappa shape index (κ1) is 26.6. The number of benzene rings is 3. The molecule has 3 aromatic carbocycles. The van der Waals surface area contributed by atoms with Crippen LogP contribution in [0.1, 0.15) is 46.6 Å². The SMILES string of the molecule is Cc1c(/C=N\NC(=O)C(NC(=O)c2ccc(Cl)cc2)C(C)C)c2ccccc2n1Cc1ccccc1C#N. The molecule has 4 aromatic rings. The third kappa shape index (κ3) is 5.77. The van der Waals surface area contributed by atoms with Gasteiger partial charge >= 0.3 is 0 Å². The van der Waals surface area contributed by atoms with Crippen LogP contribution in [0.2, 0.25) is 5.02 Å². The summed E-state index contributed by atoms with van der Waals surface area (Å²) in [5, 5.41) is 18.1. The van der Waals surface area contributed by atoms with Crippen LogP contribution in [0.4, 0.5) is 0 Å². The number of carbonyl (C=O) groups excluding carboxylic acids is 2. The largest absolute Gasteiger partial charge is 0.340 e. The maximum atomic E-state index is 13.0. The normalized spacial score (nSPS) is 12.0. The average Bonchev–Trinajstić information content (AvgIpc) is 3.18. The number of fused-ring (bicyclic) bond motifs is 1. The van der Waals surface area contributed by atoms with Gasteiger partial charge in [-0.15, -0.1) is 0 Å². The fraction of sp³-hybridized carbons (Fsp3) is 0.200. The van der Waals surface area contributed by atoms with Crippen LogP contribution in [-0.4, -0.2) is 28.6 Å². The van der Waals surface area contributed by atoms with E-state index in [2.05, 4.69) is 26.5 Å². The molecule has 2 amide bonds. The van der Waals surface area contributed by atoms with Crippen molar-refractivity contribution in [2.24, 2.45) is 11.0 Å². The summed E-state index contributed by atoms with van der Waals surface area (Å²) in [5.41, 5.74) is 7.38. The number of hydrogen-bond acceptors (Lipinski definition) is 4. The molecule has 1 aromatic heterocycles. The topological polar surface area (TPSA) is 99.3 Å². The predicted octanol–water partition coefficient (Wildman–Crippen LogP) is 5.43. The highest BCUT2D eigenvalue weighted by Crippen LogP contribution is 2.26. The molecule has 0 bridgehead atoms. The molecule has 8 heteroatoms. The lowest BCUT2D eigenvalue weighted by Gasteiger charge is -2.20. The van der Waals surface area contributed by atoms with Crippen LogP contribution >= 0.6 is 11.6 Å². The van der Waals surface area contributed by atoms with E-state index in [1.54, 1.807) is 30.5 Å². The number of halogens is 1. The molecule has 7 nitrogen and oxygen atoms in total. The van der Waals surface area contributed by atoms with E-state index in [0.29, 0.717) is 22.7 Å². The molecule has 0 aliphatic rings. The minimum Gasteiger partial charge on any atom is -0.340 e. The molecule has 38 heavy (non-hydrogen) atoms. The lowest BCUT2D eigenvalue weighted by Crippen LogP contribution is -2.48. The molecule has 0 aliphatic heterocycles. The van der Waals surface area contributed by atoms with Gasteiger partial charge in [0.25, 0.3) is 11.8 Å². The Morgan fingerprint density at radius 1 is 1.05 bits per heavy atom. The van der Waals surface area contributed by atoms with Crippen molar-refractivity contribution in [1.29, 1.82) is 5.26 Å². The Balaban J connectivity index is 1.55. The molecule has 0 saturated heterocycles. The minimum atomic E-state index is -0.778. The molecule has 192 valence electrons. The second-order valence-corrected chi connectivity index (χ2v) is 9.74. The highest BCUT2D eigenvalue weighted by Gasteiger charge is 2.24. The monoisotopic (exact) mass is 525 g/mol. The summed E-state index contributed by atoms with van der Waals surface area (Å²) in [5.74, 6) is -0.940. The van der Waals surface area contributed by atoms with Gasteiger partial charge in [0.15, 0.2) is 0 Å². The van der Waals surface area contributed by atoms with Crippen molar-refractivity contribution in [3.05, 3.63) is 106 Å². The number of amides is 2. The van der Waals surface area contributed by atoms with Crippen molar-refractivity contribution >= 4 is 40.5 Å². The first-order valence-electron chi connectivity index (χ1n) is 12.2. The molecule has 0 aliphatic carbocycles. The summed E-state index contributed by atoms with van der Waals surface area (Å²) < 4.78 is 2.14. The van der Waals surface area contributed by atoms with Gasteiger partial charge in [-0.1, -0.05) is 61.8 Å². The Morgan fingerprint density at radius 3 is 2.45 bits per heavy atom. The maximum absolute atomic E-state index is 13.0. The van der Waals surface area contributed by atoms with Gasteiger partial charge in [-0.05, 0) is 54.8 Å². The molecule has 0 saturated carbocycles. The Bertz CT molecular complexity index is 1550. The Labute approximate surface area is 226 Å². The van der Waals surface area contributed by atoms with Crippen LogP contribution in [-0.2, 0) is 11.3 Å². The standard InChI is InChI=1S/C30H28ClN5O2/c1-19(2)28(34-29(37)21-12-14-24(31)15-13-21)30(38)35-33-17-26-20(3)36(27-11-7-6-10-25(26)27)18-23-9-5-4-8-22(23)16-32/h4-15,17,19,28H,18H2,1-3H3,(H,34,37)(H,35,38)/b33-17-. The summed E-state index contributed by atoms with van der Waals surface area (Å²) >= 11 is 5.91. The lowest BCUT2D eigenvalue weighted by atomic mass is 10.0. The van der Waals surface area contributed by atoms with Gasteiger partial charge < -0.3 is 9.88 Å². The second kappa shape index (κ2) is 11.8. The molecular formula is C30H28ClN5O2. The zero-order valence-electron chi connectivity index (χ0n) is 21.4. The first-order valence-corrected chi connectivity index (χ1v) is 12.6. The van der Waals surface area contributed by atoms with Crippen LogP contribution < -0.4 is 10.7 Å². The molecule has 4 rings (SSSR count).